The minimum atomic E-state index is -1.11. The topological polar surface area (TPSA) is 64.3 Å². The molecule has 1 rings (SSSR count). The van der Waals surface area contributed by atoms with Crippen LogP contribution >= 0.6 is 0 Å². The molecule has 72 valence electrons. The average Bonchev–Trinajstić information content (AvgIpc) is 2.50. The van der Waals surface area contributed by atoms with Crippen LogP contribution in [-0.4, -0.2) is 34.1 Å². The molecule has 1 aromatic rings. The van der Waals surface area contributed by atoms with Crippen LogP contribution in [0.2, 0.25) is 0 Å². The van der Waals surface area contributed by atoms with Crippen LogP contribution in [0.25, 0.3) is 0 Å². The van der Waals surface area contributed by atoms with Crippen LogP contribution in [0.3, 0.4) is 0 Å². The summed E-state index contributed by atoms with van der Waals surface area (Å²) in [4.78, 5) is 10.8. The van der Waals surface area contributed by atoms with Crippen LogP contribution in [0.5, 0.6) is 0 Å². The molecular formula is C8H12N2O3. The monoisotopic (exact) mass is 184 g/mol. The SMILES string of the molecule is COC(=O)C(O)Cc1ccnn1C. The Morgan fingerprint density at radius 1 is 1.85 bits per heavy atom. The van der Waals surface area contributed by atoms with Crippen molar-refractivity contribution in [2.45, 2.75) is 12.5 Å². The number of hydrogen-bond donors (Lipinski definition) is 1. The van der Waals surface area contributed by atoms with Crippen LogP contribution in [0.15, 0.2) is 12.3 Å². The highest BCUT2D eigenvalue weighted by molar-refractivity contribution is 5.74. The number of aryl methyl sites for hydroxylation is 1. The summed E-state index contributed by atoms with van der Waals surface area (Å²) in [5, 5.41) is 13.2. The van der Waals surface area contributed by atoms with Gasteiger partial charge >= 0.3 is 5.97 Å². The van der Waals surface area contributed by atoms with Crippen molar-refractivity contribution in [2.75, 3.05) is 7.11 Å². The first-order valence-corrected chi connectivity index (χ1v) is 3.88. The fourth-order valence-corrected chi connectivity index (χ4v) is 1.02. The van der Waals surface area contributed by atoms with E-state index in [1.54, 1.807) is 24.0 Å². The smallest absolute Gasteiger partial charge is 0.335 e. The number of rotatable bonds is 3. The van der Waals surface area contributed by atoms with E-state index in [0.717, 1.165) is 5.69 Å². The highest BCUT2D eigenvalue weighted by Gasteiger charge is 2.17. The van der Waals surface area contributed by atoms with E-state index in [1.165, 1.54) is 7.11 Å². The van der Waals surface area contributed by atoms with Gasteiger partial charge in [0.2, 0.25) is 0 Å². The average molecular weight is 184 g/mol. The van der Waals surface area contributed by atoms with E-state index >= 15 is 0 Å². The Balaban J connectivity index is 2.59. The molecule has 0 aliphatic carbocycles. The van der Waals surface area contributed by atoms with Gasteiger partial charge in [0, 0.05) is 25.4 Å². The van der Waals surface area contributed by atoms with Crippen molar-refractivity contribution in [1.82, 2.24) is 9.78 Å². The van der Waals surface area contributed by atoms with Gasteiger partial charge in [-0.05, 0) is 6.07 Å². The molecule has 0 aliphatic rings. The van der Waals surface area contributed by atoms with Gasteiger partial charge in [0.1, 0.15) is 0 Å². The lowest BCUT2D eigenvalue weighted by molar-refractivity contribution is -0.150. The highest BCUT2D eigenvalue weighted by Crippen LogP contribution is 2.02. The van der Waals surface area contributed by atoms with Gasteiger partial charge in [-0.15, -0.1) is 0 Å². The van der Waals surface area contributed by atoms with Gasteiger partial charge in [-0.2, -0.15) is 5.10 Å². The molecule has 0 bridgehead atoms. The van der Waals surface area contributed by atoms with Crippen molar-refractivity contribution in [3.05, 3.63) is 18.0 Å². The molecule has 0 spiro atoms. The first kappa shape index (κ1) is 9.73. The molecule has 0 saturated heterocycles. The first-order valence-electron chi connectivity index (χ1n) is 3.88. The number of nitrogens with zero attached hydrogens (tertiary/aromatic N) is 2. The van der Waals surface area contributed by atoms with Gasteiger partial charge < -0.3 is 9.84 Å². The van der Waals surface area contributed by atoms with Gasteiger partial charge in [0.15, 0.2) is 6.10 Å². The number of hydrogen-bond acceptors (Lipinski definition) is 4. The van der Waals surface area contributed by atoms with Gasteiger partial charge in [-0.3, -0.25) is 4.68 Å². The van der Waals surface area contributed by atoms with E-state index in [0.29, 0.717) is 0 Å². The summed E-state index contributed by atoms with van der Waals surface area (Å²) in [6.07, 6.45) is 0.725. The molecule has 5 heteroatoms. The fraction of sp³-hybridized carbons (Fsp3) is 0.500. The van der Waals surface area contributed by atoms with Crippen LogP contribution in [0.1, 0.15) is 5.69 Å². The molecule has 0 fully saturated rings. The Kier molecular flexibility index (Phi) is 3.02. The molecule has 1 heterocycles. The van der Waals surface area contributed by atoms with E-state index in [-0.39, 0.29) is 6.42 Å². The van der Waals surface area contributed by atoms with E-state index in [1.807, 2.05) is 0 Å². The van der Waals surface area contributed by atoms with Crippen molar-refractivity contribution in [1.29, 1.82) is 0 Å². The van der Waals surface area contributed by atoms with Gasteiger partial charge in [-0.1, -0.05) is 0 Å². The Morgan fingerprint density at radius 2 is 2.54 bits per heavy atom. The van der Waals surface area contributed by atoms with Crippen LogP contribution < -0.4 is 0 Å². The minimum Gasteiger partial charge on any atom is -0.467 e. The van der Waals surface area contributed by atoms with E-state index in [9.17, 15) is 9.90 Å². The number of aliphatic hydroxyl groups is 1. The summed E-state index contributed by atoms with van der Waals surface area (Å²) in [6.45, 7) is 0. The number of aliphatic hydroxyl groups excluding tert-OH is 1. The molecule has 5 nitrogen and oxygen atoms in total. The lowest BCUT2D eigenvalue weighted by Crippen LogP contribution is -2.25. The largest absolute Gasteiger partial charge is 0.467 e. The molecule has 1 aromatic heterocycles. The fourth-order valence-electron chi connectivity index (χ4n) is 1.02. The molecule has 0 aliphatic heterocycles. The third kappa shape index (κ3) is 2.29. The third-order valence-electron chi connectivity index (χ3n) is 1.80. The lowest BCUT2D eigenvalue weighted by atomic mass is 10.2. The predicted octanol–water partition coefficient (Wildman–Crippen LogP) is -0.504. The van der Waals surface area contributed by atoms with Crippen molar-refractivity contribution < 1.29 is 14.6 Å². The molecule has 1 atom stereocenters. The molecular weight excluding hydrogens is 172 g/mol. The standard InChI is InChI=1S/C8H12N2O3/c1-10-6(3-4-9-10)5-7(11)8(12)13-2/h3-4,7,11H,5H2,1-2H3. The Morgan fingerprint density at radius 3 is 3.00 bits per heavy atom. The van der Waals surface area contributed by atoms with Crippen LogP contribution in [-0.2, 0) is 23.0 Å². The lowest BCUT2D eigenvalue weighted by Gasteiger charge is -2.07. The summed E-state index contributed by atoms with van der Waals surface area (Å²) in [7, 11) is 2.99. The predicted molar refractivity (Wildman–Crippen MR) is 44.9 cm³/mol. The Bertz CT molecular complexity index is 295. The van der Waals surface area contributed by atoms with Crippen LogP contribution in [0, 0.1) is 0 Å². The summed E-state index contributed by atoms with van der Waals surface area (Å²) in [5.74, 6) is -0.624. The van der Waals surface area contributed by atoms with Crippen molar-refractivity contribution in [2.24, 2.45) is 7.05 Å². The Hall–Kier alpha value is -1.36. The maximum atomic E-state index is 10.8. The number of aromatic nitrogens is 2. The maximum Gasteiger partial charge on any atom is 0.335 e. The Labute approximate surface area is 75.9 Å². The summed E-state index contributed by atoms with van der Waals surface area (Å²) >= 11 is 0. The van der Waals surface area contributed by atoms with E-state index < -0.39 is 12.1 Å². The zero-order valence-electron chi connectivity index (χ0n) is 7.60. The van der Waals surface area contributed by atoms with Crippen molar-refractivity contribution in [3.63, 3.8) is 0 Å². The summed E-state index contributed by atoms with van der Waals surface area (Å²) < 4.78 is 5.99. The highest BCUT2D eigenvalue weighted by atomic mass is 16.5. The zero-order chi connectivity index (χ0) is 9.84. The van der Waals surface area contributed by atoms with Gasteiger partial charge in [0.05, 0.1) is 7.11 Å². The second-order valence-electron chi connectivity index (χ2n) is 2.69. The number of esters is 1. The van der Waals surface area contributed by atoms with Crippen molar-refractivity contribution in [3.8, 4) is 0 Å². The van der Waals surface area contributed by atoms with Gasteiger partial charge in [-0.25, -0.2) is 4.79 Å². The number of carbonyl (C=O) groups excluding carboxylic acids is 1. The molecule has 13 heavy (non-hydrogen) atoms. The molecule has 1 unspecified atom stereocenters. The van der Waals surface area contributed by atoms with Crippen LogP contribution in [0.4, 0.5) is 0 Å². The second kappa shape index (κ2) is 4.04. The second-order valence-corrected chi connectivity index (χ2v) is 2.69. The quantitative estimate of drug-likeness (QED) is 0.643. The van der Waals surface area contributed by atoms with Gasteiger partial charge in [0.25, 0.3) is 0 Å². The summed E-state index contributed by atoms with van der Waals surface area (Å²) in [5.41, 5.74) is 0.790. The number of methoxy groups -OCH3 is 1. The maximum absolute atomic E-state index is 10.8. The minimum absolute atomic E-state index is 0.225. The normalized spacial score (nSPS) is 12.5. The van der Waals surface area contributed by atoms with E-state index in [4.69, 9.17) is 0 Å². The summed E-state index contributed by atoms with van der Waals surface area (Å²) in [6, 6.07) is 1.74. The molecule has 0 aromatic carbocycles. The third-order valence-corrected chi connectivity index (χ3v) is 1.80. The molecule has 1 N–H and O–H groups in total. The number of ether oxygens (including phenoxy) is 1. The van der Waals surface area contributed by atoms with E-state index in [2.05, 4.69) is 9.84 Å². The van der Waals surface area contributed by atoms with Crippen molar-refractivity contribution >= 4 is 5.97 Å². The molecule has 0 amide bonds. The molecule has 0 saturated carbocycles. The zero-order valence-corrected chi connectivity index (χ0v) is 7.60. The first-order chi connectivity index (χ1) is 6.15. The molecule has 0 radical (unpaired) electrons. The number of carbonyl (C=O) groups is 1.